The summed E-state index contributed by atoms with van der Waals surface area (Å²) < 4.78 is 10.9. The number of benzene rings is 1. The van der Waals surface area contributed by atoms with Crippen molar-refractivity contribution in [1.29, 1.82) is 0 Å². The predicted molar refractivity (Wildman–Crippen MR) is 64.9 cm³/mol. The van der Waals surface area contributed by atoms with Gasteiger partial charge in [-0.05, 0) is 25.8 Å². The van der Waals surface area contributed by atoms with Crippen molar-refractivity contribution in [2.75, 3.05) is 0 Å². The first-order valence-electron chi connectivity index (χ1n) is 4.95. The number of aromatic amines is 1. The van der Waals surface area contributed by atoms with E-state index in [1.54, 1.807) is 0 Å². The van der Waals surface area contributed by atoms with Gasteiger partial charge in [-0.3, -0.25) is 4.79 Å². The van der Waals surface area contributed by atoms with Gasteiger partial charge in [-0.25, -0.2) is 0 Å². The number of nitrogens with one attached hydrogen (secondary N) is 1. The molecule has 1 N–H and O–H groups in total. The van der Waals surface area contributed by atoms with Crippen LogP contribution >= 0.6 is 19.4 Å². The molecule has 0 fully saturated rings. The van der Waals surface area contributed by atoms with Crippen molar-refractivity contribution < 1.29 is 73.5 Å². The monoisotopic (exact) mass is 327 g/mol. The molecule has 5 nitrogen and oxygen atoms in total. The maximum absolute atomic E-state index is 11.2. The molecule has 0 saturated heterocycles. The van der Waals surface area contributed by atoms with Gasteiger partial charge in [0.25, 0.3) is 5.56 Å². The summed E-state index contributed by atoms with van der Waals surface area (Å²) in [6, 6.07) is 10.3. The molecule has 9 heteroatoms. The Kier molecular flexibility index (Phi) is 9.26. The molecule has 0 saturated carbocycles. The second-order valence-electron chi connectivity index (χ2n) is 3.46. The first-order chi connectivity index (χ1) is 8.47. The van der Waals surface area contributed by atoms with Gasteiger partial charge in [-0.2, -0.15) is 0 Å². The second kappa shape index (κ2) is 8.96. The van der Waals surface area contributed by atoms with Crippen LogP contribution in [0.3, 0.4) is 0 Å². The average Bonchev–Trinajstić information content (AvgIpc) is 2.31. The molecule has 0 aliphatic rings. The topological polar surface area (TPSA) is 96.0 Å². The largest absolute Gasteiger partial charge is 1.00 e. The predicted octanol–water partition coefficient (Wildman–Crippen LogP) is -5.93. The quantitative estimate of drug-likeness (QED) is 0.447. The minimum Gasteiger partial charge on any atom is -0.807 e. The number of hydrogen-bond acceptors (Lipinski definition) is 5. The third-order valence-corrected chi connectivity index (χ3v) is 4.03. The summed E-state index contributed by atoms with van der Waals surface area (Å²) >= 11 is 1.26. The summed E-state index contributed by atoms with van der Waals surface area (Å²) in [4.78, 5) is 36.6. The van der Waals surface area contributed by atoms with Crippen molar-refractivity contribution in [2.24, 2.45) is 0 Å². The van der Waals surface area contributed by atoms with Crippen LogP contribution in [0.2, 0.25) is 0 Å². The van der Waals surface area contributed by atoms with E-state index in [9.17, 15) is 19.1 Å². The Bertz CT molecular complexity index is 659. The SMILES string of the molecule is O=c1[nH]cc(Sc2ccccc2)cc1P(=O)([O-])[O-].[Na+].[Na+]. The van der Waals surface area contributed by atoms with E-state index in [0.29, 0.717) is 4.90 Å². The van der Waals surface area contributed by atoms with Gasteiger partial charge in [0.1, 0.15) is 0 Å². The van der Waals surface area contributed by atoms with Crippen molar-refractivity contribution in [1.82, 2.24) is 4.98 Å². The molecule has 0 spiro atoms. The fraction of sp³-hybridized carbons (Fsp3) is 0. The van der Waals surface area contributed by atoms with Crippen LogP contribution in [0.1, 0.15) is 0 Å². The Hall–Kier alpha value is 0.670. The Labute approximate surface area is 164 Å². The van der Waals surface area contributed by atoms with Crippen molar-refractivity contribution in [3.63, 3.8) is 0 Å². The molecular formula is C11H8NNa2O4PS. The number of H-pyrrole nitrogens is 1. The molecule has 20 heavy (non-hydrogen) atoms. The molecular weight excluding hydrogens is 319 g/mol. The zero-order valence-corrected chi connectivity index (χ0v) is 16.7. The average molecular weight is 327 g/mol. The van der Waals surface area contributed by atoms with Gasteiger partial charge in [0, 0.05) is 16.0 Å². The summed E-state index contributed by atoms with van der Waals surface area (Å²) in [5.74, 6) is 0. The molecule has 1 heterocycles. The van der Waals surface area contributed by atoms with E-state index in [4.69, 9.17) is 0 Å². The van der Waals surface area contributed by atoms with Gasteiger partial charge in [-0.15, -0.1) is 0 Å². The Morgan fingerprint density at radius 1 is 1.05 bits per heavy atom. The molecule has 2 aromatic rings. The molecule has 0 bridgehead atoms. The molecule has 1 aromatic carbocycles. The molecule has 0 aliphatic heterocycles. The number of pyridine rings is 1. The molecule has 0 radical (unpaired) electrons. The number of hydrogen-bond donors (Lipinski definition) is 1. The van der Waals surface area contributed by atoms with E-state index in [1.165, 1.54) is 18.0 Å². The van der Waals surface area contributed by atoms with Crippen LogP contribution in [-0.2, 0) is 4.57 Å². The van der Waals surface area contributed by atoms with Gasteiger partial charge >= 0.3 is 59.1 Å². The van der Waals surface area contributed by atoms with Gasteiger partial charge in [0.2, 0.25) is 0 Å². The second-order valence-corrected chi connectivity index (χ2v) is 6.09. The van der Waals surface area contributed by atoms with Gasteiger partial charge < -0.3 is 19.3 Å². The van der Waals surface area contributed by atoms with E-state index in [2.05, 4.69) is 4.98 Å². The zero-order chi connectivity index (χ0) is 13.2. The molecule has 0 aliphatic carbocycles. The summed E-state index contributed by atoms with van der Waals surface area (Å²) in [5.41, 5.74) is -0.888. The third-order valence-electron chi connectivity index (χ3n) is 2.13. The minimum absolute atomic E-state index is 0. The van der Waals surface area contributed by atoms with Crippen LogP contribution in [-0.4, -0.2) is 4.98 Å². The summed E-state index contributed by atoms with van der Waals surface area (Å²) in [6.07, 6.45) is 1.37. The van der Waals surface area contributed by atoms with E-state index in [1.807, 2.05) is 30.3 Å². The molecule has 1 aromatic heterocycles. The van der Waals surface area contributed by atoms with Crippen molar-refractivity contribution >= 4 is 24.7 Å². The maximum Gasteiger partial charge on any atom is 1.00 e. The molecule has 94 valence electrons. The fourth-order valence-electron chi connectivity index (χ4n) is 1.34. The summed E-state index contributed by atoms with van der Waals surface area (Å²) in [6.45, 7) is 0. The van der Waals surface area contributed by atoms with Crippen LogP contribution in [0, 0.1) is 0 Å². The van der Waals surface area contributed by atoms with Crippen LogP contribution < -0.4 is 79.8 Å². The smallest absolute Gasteiger partial charge is 0.807 e. The fourth-order valence-corrected chi connectivity index (χ4v) is 2.90. The zero-order valence-electron chi connectivity index (χ0n) is 11.0. The number of rotatable bonds is 3. The van der Waals surface area contributed by atoms with Crippen LogP contribution in [0.15, 0.2) is 57.2 Å². The maximum atomic E-state index is 11.2. The van der Waals surface area contributed by atoms with Gasteiger partial charge in [-0.1, -0.05) is 30.0 Å². The molecule has 0 amide bonds. The Balaban J connectivity index is 0.00000180. The van der Waals surface area contributed by atoms with E-state index in [0.717, 1.165) is 11.0 Å². The number of aromatic nitrogens is 1. The first kappa shape index (κ1) is 20.7. The van der Waals surface area contributed by atoms with Crippen LogP contribution in [0.25, 0.3) is 0 Å². The van der Waals surface area contributed by atoms with Crippen molar-refractivity contribution in [2.45, 2.75) is 9.79 Å². The normalized spacial score (nSPS) is 10.3. The molecule has 0 unspecified atom stereocenters. The van der Waals surface area contributed by atoms with Crippen LogP contribution in [0.4, 0.5) is 0 Å². The third kappa shape index (κ3) is 5.81. The molecule has 2 rings (SSSR count). The summed E-state index contributed by atoms with van der Waals surface area (Å²) in [7, 11) is -5.04. The van der Waals surface area contributed by atoms with E-state index >= 15 is 0 Å². The Morgan fingerprint density at radius 2 is 1.65 bits per heavy atom. The molecule has 0 atom stereocenters. The van der Waals surface area contributed by atoms with E-state index < -0.39 is 18.5 Å². The van der Waals surface area contributed by atoms with E-state index in [-0.39, 0.29) is 59.1 Å². The van der Waals surface area contributed by atoms with Crippen molar-refractivity contribution in [3.8, 4) is 0 Å². The minimum atomic E-state index is -5.04. The summed E-state index contributed by atoms with van der Waals surface area (Å²) in [5, 5.41) is -0.733. The van der Waals surface area contributed by atoms with Gasteiger partial charge in [0.15, 0.2) is 0 Å². The standard InChI is InChI=1S/C11H10NO4PS.2Na/c13-11-10(17(14,15)16)6-9(7-12-11)18-8-4-2-1-3-5-8;;/h1-7H,(H,12,13)(H2,14,15,16);;/q;2*+1/p-2. The van der Waals surface area contributed by atoms with Gasteiger partial charge in [0.05, 0.1) is 5.30 Å². The van der Waals surface area contributed by atoms with Crippen LogP contribution in [0.5, 0.6) is 0 Å². The first-order valence-corrected chi connectivity index (χ1v) is 7.31. The van der Waals surface area contributed by atoms with Crippen molar-refractivity contribution in [3.05, 3.63) is 52.9 Å². The Morgan fingerprint density at radius 3 is 2.20 bits per heavy atom.